The molecule has 1 aromatic rings. The van der Waals surface area contributed by atoms with Crippen LogP contribution in [0, 0.1) is 19.3 Å². The van der Waals surface area contributed by atoms with Crippen LogP contribution in [0.25, 0.3) is 0 Å². The van der Waals surface area contributed by atoms with Crippen molar-refractivity contribution in [1.82, 2.24) is 0 Å². The van der Waals surface area contributed by atoms with Crippen molar-refractivity contribution in [1.29, 1.82) is 0 Å². The second kappa shape index (κ2) is 6.74. The molecule has 21 heavy (non-hydrogen) atoms. The number of carbonyl (C=O) groups excluding carboxylic acids is 2. The van der Waals surface area contributed by atoms with E-state index in [2.05, 4.69) is 6.07 Å². The summed E-state index contributed by atoms with van der Waals surface area (Å²) in [4.78, 5) is 26.1. The summed E-state index contributed by atoms with van der Waals surface area (Å²) < 4.78 is 4.98. The number of ketones is 1. The second-order valence-electron chi connectivity index (χ2n) is 5.97. The summed E-state index contributed by atoms with van der Waals surface area (Å²) in [5.41, 5.74) is 2.15. The number of likely N-dealkylation sites (N-methyl/N-ethyl adjacent to an activating group) is 1. The number of esters is 1. The van der Waals surface area contributed by atoms with Crippen LogP contribution in [0.5, 0.6) is 0 Å². The van der Waals surface area contributed by atoms with Crippen LogP contribution in [0.4, 0.5) is 5.69 Å². The number of aryl methyl sites for hydroxylation is 2. The molecule has 1 aromatic carbocycles. The van der Waals surface area contributed by atoms with E-state index in [1.165, 1.54) is 0 Å². The monoisotopic (exact) mass is 291 g/mol. The van der Waals surface area contributed by atoms with E-state index in [4.69, 9.17) is 4.74 Å². The summed E-state index contributed by atoms with van der Waals surface area (Å²) in [5.74, 6) is -0.619. The van der Waals surface area contributed by atoms with Crippen LogP contribution in [0.15, 0.2) is 18.2 Å². The fraction of sp³-hybridized carbons (Fsp3) is 0.529. The second-order valence-corrected chi connectivity index (χ2v) is 5.97. The number of rotatable bonds is 6. The van der Waals surface area contributed by atoms with Crippen LogP contribution in [0.1, 0.15) is 31.9 Å². The van der Waals surface area contributed by atoms with Crippen LogP contribution in [0.2, 0.25) is 0 Å². The average Bonchev–Trinajstić information content (AvgIpc) is 2.37. The SMILES string of the molecule is CCOC(=O)C(C)(C)C(=O)CN(C)c1cc(C)cc(C)c1. The largest absolute Gasteiger partial charge is 0.465 e. The third-order valence-electron chi connectivity index (χ3n) is 3.51. The Kier molecular flexibility index (Phi) is 5.53. The number of hydrogen-bond acceptors (Lipinski definition) is 4. The van der Waals surface area contributed by atoms with Crippen molar-refractivity contribution < 1.29 is 14.3 Å². The van der Waals surface area contributed by atoms with Crippen molar-refractivity contribution >= 4 is 17.4 Å². The fourth-order valence-electron chi connectivity index (χ4n) is 2.10. The van der Waals surface area contributed by atoms with Gasteiger partial charge in [-0.1, -0.05) is 6.07 Å². The van der Waals surface area contributed by atoms with Crippen LogP contribution in [0.3, 0.4) is 0 Å². The van der Waals surface area contributed by atoms with E-state index in [1.54, 1.807) is 20.8 Å². The van der Waals surface area contributed by atoms with Gasteiger partial charge in [0.25, 0.3) is 0 Å². The molecule has 0 fully saturated rings. The lowest BCUT2D eigenvalue weighted by Crippen LogP contribution is -2.41. The number of carbonyl (C=O) groups is 2. The van der Waals surface area contributed by atoms with E-state index >= 15 is 0 Å². The van der Waals surface area contributed by atoms with Gasteiger partial charge in [-0.3, -0.25) is 9.59 Å². The van der Waals surface area contributed by atoms with Gasteiger partial charge in [0.15, 0.2) is 5.78 Å². The Hall–Kier alpha value is -1.84. The predicted octanol–water partition coefficient (Wildman–Crippen LogP) is 2.90. The summed E-state index contributed by atoms with van der Waals surface area (Å²) >= 11 is 0. The molecular formula is C17H25NO3. The lowest BCUT2D eigenvalue weighted by molar-refractivity contribution is -0.157. The first-order valence-electron chi connectivity index (χ1n) is 7.18. The predicted molar refractivity (Wildman–Crippen MR) is 84.6 cm³/mol. The zero-order valence-electron chi connectivity index (χ0n) is 13.8. The van der Waals surface area contributed by atoms with Gasteiger partial charge in [-0.2, -0.15) is 0 Å². The lowest BCUT2D eigenvalue weighted by Gasteiger charge is -2.26. The number of anilines is 1. The van der Waals surface area contributed by atoms with Gasteiger partial charge in [-0.25, -0.2) is 0 Å². The van der Waals surface area contributed by atoms with Crippen LogP contribution < -0.4 is 4.90 Å². The highest BCUT2D eigenvalue weighted by Crippen LogP contribution is 2.22. The highest BCUT2D eigenvalue weighted by atomic mass is 16.5. The molecule has 116 valence electrons. The van der Waals surface area contributed by atoms with Crippen LogP contribution in [-0.4, -0.2) is 32.0 Å². The van der Waals surface area contributed by atoms with E-state index in [9.17, 15) is 9.59 Å². The van der Waals surface area contributed by atoms with E-state index < -0.39 is 11.4 Å². The van der Waals surface area contributed by atoms with Gasteiger partial charge in [-0.15, -0.1) is 0 Å². The molecule has 0 unspecified atom stereocenters. The smallest absolute Gasteiger partial charge is 0.319 e. The molecule has 4 nitrogen and oxygen atoms in total. The maximum atomic E-state index is 12.4. The van der Waals surface area contributed by atoms with Crippen molar-refractivity contribution in [3.05, 3.63) is 29.3 Å². The summed E-state index contributed by atoms with van der Waals surface area (Å²) in [5, 5.41) is 0. The molecule has 0 saturated carbocycles. The molecule has 0 amide bonds. The third kappa shape index (κ3) is 4.31. The number of nitrogens with zero attached hydrogens (tertiary/aromatic N) is 1. The molecule has 4 heteroatoms. The molecule has 0 aliphatic rings. The number of benzene rings is 1. The third-order valence-corrected chi connectivity index (χ3v) is 3.51. The Balaban J connectivity index is 2.84. The van der Waals surface area contributed by atoms with E-state index in [1.807, 2.05) is 37.9 Å². The van der Waals surface area contributed by atoms with Crippen molar-refractivity contribution in [3.8, 4) is 0 Å². The molecule has 0 bridgehead atoms. The zero-order valence-corrected chi connectivity index (χ0v) is 13.8. The first kappa shape index (κ1) is 17.2. The van der Waals surface area contributed by atoms with Gasteiger partial charge < -0.3 is 9.64 Å². The number of hydrogen-bond donors (Lipinski definition) is 0. The van der Waals surface area contributed by atoms with Gasteiger partial charge >= 0.3 is 5.97 Å². The Morgan fingerprint density at radius 2 is 1.67 bits per heavy atom. The van der Waals surface area contributed by atoms with Gasteiger partial charge in [-0.05, 0) is 57.9 Å². The molecule has 0 atom stereocenters. The fourth-order valence-corrected chi connectivity index (χ4v) is 2.10. The minimum Gasteiger partial charge on any atom is -0.465 e. The average molecular weight is 291 g/mol. The van der Waals surface area contributed by atoms with Gasteiger partial charge in [0.05, 0.1) is 13.2 Å². The van der Waals surface area contributed by atoms with Gasteiger partial charge in [0.1, 0.15) is 5.41 Å². The molecule has 0 spiro atoms. The lowest BCUT2D eigenvalue weighted by atomic mass is 9.88. The molecule has 0 saturated heterocycles. The molecule has 0 aliphatic heterocycles. The number of ether oxygens (including phenoxy) is 1. The summed E-state index contributed by atoms with van der Waals surface area (Å²) in [7, 11) is 1.85. The minimum absolute atomic E-state index is 0.150. The first-order valence-corrected chi connectivity index (χ1v) is 7.18. The Labute approximate surface area is 127 Å². The molecular weight excluding hydrogens is 266 g/mol. The molecule has 0 aromatic heterocycles. The molecule has 0 heterocycles. The Bertz CT molecular complexity index is 515. The van der Waals surface area contributed by atoms with Crippen molar-refractivity contribution in [3.63, 3.8) is 0 Å². The van der Waals surface area contributed by atoms with E-state index in [0.717, 1.165) is 16.8 Å². The Morgan fingerprint density at radius 3 is 2.14 bits per heavy atom. The van der Waals surface area contributed by atoms with Crippen LogP contribution >= 0.6 is 0 Å². The van der Waals surface area contributed by atoms with Gasteiger partial charge in [0.2, 0.25) is 0 Å². The summed E-state index contributed by atoms with van der Waals surface area (Å²) in [6.07, 6.45) is 0. The summed E-state index contributed by atoms with van der Waals surface area (Å²) in [6, 6.07) is 6.14. The molecule has 0 radical (unpaired) electrons. The van der Waals surface area contributed by atoms with Crippen molar-refractivity contribution in [2.24, 2.45) is 5.41 Å². The Morgan fingerprint density at radius 1 is 1.14 bits per heavy atom. The maximum absolute atomic E-state index is 12.4. The zero-order chi connectivity index (χ0) is 16.2. The highest BCUT2D eigenvalue weighted by Gasteiger charge is 2.37. The number of Topliss-reactive ketones (excluding diaryl/α,β-unsaturated/α-hetero) is 1. The highest BCUT2D eigenvalue weighted by molar-refractivity contribution is 6.04. The standard InChI is InChI=1S/C17H25NO3/c1-7-21-16(20)17(4,5)15(19)11-18(6)14-9-12(2)8-13(3)10-14/h8-10H,7,11H2,1-6H3. The first-order chi connectivity index (χ1) is 9.68. The topological polar surface area (TPSA) is 46.6 Å². The normalized spacial score (nSPS) is 11.1. The quantitative estimate of drug-likeness (QED) is 0.597. The molecule has 0 aliphatic carbocycles. The van der Waals surface area contributed by atoms with Crippen molar-refractivity contribution in [2.75, 3.05) is 25.1 Å². The molecule has 0 N–H and O–H groups in total. The molecule has 1 rings (SSSR count). The summed E-state index contributed by atoms with van der Waals surface area (Å²) in [6.45, 7) is 9.46. The minimum atomic E-state index is -1.12. The van der Waals surface area contributed by atoms with Crippen LogP contribution in [-0.2, 0) is 14.3 Å². The maximum Gasteiger partial charge on any atom is 0.319 e. The van der Waals surface area contributed by atoms with E-state index in [0.29, 0.717) is 0 Å². The van der Waals surface area contributed by atoms with Crippen molar-refractivity contribution in [2.45, 2.75) is 34.6 Å². The van der Waals surface area contributed by atoms with Gasteiger partial charge in [0, 0.05) is 12.7 Å². The van der Waals surface area contributed by atoms with E-state index in [-0.39, 0.29) is 18.9 Å².